The molecule has 2 unspecified atom stereocenters. The van der Waals surface area contributed by atoms with Gasteiger partial charge in [0, 0.05) is 19.4 Å². The van der Waals surface area contributed by atoms with Crippen LogP contribution in [0.3, 0.4) is 0 Å². The largest absolute Gasteiger partial charge is 0.472 e. The molecular formula is C81H144NO8P. The molecule has 2 atom stereocenters. The number of unbranched alkanes of at least 4 members (excludes halogenated alkanes) is 41. The zero-order chi connectivity index (χ0) is 65.8. The molecule has 0 saturated carbocycles. The summed E-state index contributed by atoms with van der Waals surface area (Å²) in [6, 6.07) is 0. The molecule has 0 aliphatic carbocycles. The third-order valence-electron chi connectivity index (χ3n) is 16.7. The van der Waals surface area contributed by atoms with Gasteiger partial charge < -0.3 is 20.1 Å². The molecule has 0 radical (unpaired) electrons. The first kappa shape index (κ1) is 87.7. The van der Waals surface area contributed by atoms with Crippen LogP contribution in [0.15, 0.2) is 109 Å². The molecule has 0 aliphatic rings. The quantitative estimate of drug-likeness (QED) is 0.0264. The Morgan fingerprint density at radius 3 is 0.846 bits per heavy atom. The second kappa shape index (κ2) is 75.7. The number of ether oxygens (including phenoxy) is 2. The highest BCUT2D eigenvalue weighted by Gasteiger charge is 2.26. The van der Waals surface area contributed by atoms with Crippen LogP contribution in [0.5, 0.6) is 0 Å². The summed E-state index contributed by atoms with van der Waals surface area (Å²) in [5.41, 5.74) is 5.41. The van der Waals surface area contributed by atoms with E-state index >= 15 is 0 Å². The summed E-state index contributed by atoms with van der Waals surface area (Å²) >= 11 is 0. The van der Waals surface area contributed by atoms with Gasteiger partial charge in [-0.2, -0.15) is 0 Å². The first-order chi connectivity index (χ1) is 44.8. The third-order valence-corrected chi connectivity index (χ3v) is 17.6. The number of hydrogen-bond donors (Lipinski definition) is 2. The van der Waals surface area contributed by atoms with Crippen LogP contribution in [-0.4, -0.2) is 49.3 Å². The Labute approximate surface area is 562 Å². The Morgan fingerprint density at radius 2 is 0.571 bits per heavy atom. The lowest BCUT2D eigenvalue weighted by Crippen LogP contribution is -2.29. The molecular weight excluding hydrogens is 1150 g/mol. The first-order valence-corrected chi connectivity index (χ1v) is 39.9. The zero-order valence-corrected chi connectivity index (χ0v) is 60.2. The van der Waals surface area contributed by atoms with Gasteiger partial charge in [0.25, 0.3) is 0 Å². The Hall–Kier alpha value is -3.33. The number of esters is 2. The van der Waals surface area contributed by atoms with Crippen molar-refractivity contribution in [3.05, 3.63) is 109 Å². The maximum absolute atomic E-state index is 12.8. The summed E-state index contributed by atoms with van der Waals surface area (Å²) in [5.74, 6) is -0.816. The van der Waals surface area contributed by atoms with Gasteiger partial charge in [0.2, 0.25) is 0 Å². The van der Waals surface area contributed by atoms with Crippen molar-refractivity contribution in [2.75, 3.05) is 26.4 Å². The Kier molecular flexibility index (Phi) is 72.9. The predicted octanol–water partition coefficient (Wildman–Crippen LogP) is 25.6. The van der Waals surface area contributed by atoms with E-state index in [2.05, 4.69) is 123 Å². The third kappa shape index (κ3) is 75.6. The fourth-order valence-electron chi connectivity index (χ4n) is 11.1. The number of phosphoric ester groups is 1. The monoisotopic (exact) mass is 1290 g/mol. The molecule has 91 heavy (non-hydrogen) atoms. The number of carbonyl (C=O) groups excluding carboxylic acids is 2. The van der Waals surface area contributed by atoms with Crippen molar-refractivity contribution in [3.63, 3.8) is 0 Å². The van der Waals surface area contributed by atoms with Crippen LogP contribution >= 0.6 is 7.82 Å². The van der Waals surface area contributed by atoms with Gasteiger partial charge in [-0.1, -0.05) is 361 Å². The summed E-state index contributed by atoms with van der Waals surface area (Å²) in [7, 11) is -4.40. The molecule has 0 spiro atoms. The Balaban J connectivity index is 3.77. The molecule has 0 saturated heterocycles. The molecule has 0 aromatic heterocycles. The van der Waals surface area contributed by atoms with Crippen molar-refractivity contribution in [2.45, 2.75) is 367 Å². The maximum Gasteiger partial charge on any atom is 0.472 e. The molecule has 0 aromatic rings. The maximum atomic E-state index is 12.8. The minimum atomic E-state index is -4.40. The summed E-state index contributed by atoms with van der Waals surface area (Å²) in [5, 5.41) is 0. The number of nitrogens with two attached hydrogens (primary N) is 1. The van der Waals surface area contributed by atoms with Crippen molar-refractivity contribution in [3.8, 4) is 0 Å². The number of rotatable bonds is 72. The predicted molar refractivity (Wildman–Crippen MR) is 395 cm³/mol. The van der Waals surface area contributed by atoms with Gasteiger partial charge in [-0.3, -0.25) is 18.6 Å². The average Bonchev–Trinajstić information content (AvgIpc) is 3.68. The van der Waals surface area contributed by atoms with Gasteiger partial charge in [0.1, 0.15) is 6.61 Å². The normalized spacial score (nSPS) is 13.5. The molecule has 10 heteroatoms. The molecule has 0 fully saturated rings. The van der Waals surface area contributed by atoms with Crippen molar-refractivity contribution < 1.29 is 37.6 Å². The van der Waals surface area contributed by atoms with E-state index in [0.29, 0.717) is 6.42 Å². The topological polar surface area (TPSA) is 134 Å². The van der Waals surface area contributed by atoms with Crippen LogP contribution in [0.25, 0.3) is 0 Å². The molecule has 526 valence electrons. The molecule has 0 amide bonds. The van der Waals surface area contributed by atoms with Crippen molar-refractivity contribution in [1.82, 2.24) is 0 Å². The number of carbonyl (C=O) groups is 2. The summed E-state index contributed by atoms with van der Waals surface area (Å²) in [6.07, 6.45) is 105. The van der Waals surface area contributed by atoms with Gasteiger partial charge in [0.15, 0.2) is 6.10 Å². The zero-order valence-electron chi connectivity index (χ0n) is 59.3. The van der Waals surface area contributed by atoms with Crippen LogP contribution in [0.4, 0.5) is 0 Å². The van der Waals surface area contributed by atoms with E-state index in [1.54, 1.807) is 0 Å². The van der Waals surface area contributed by atoms with Crippen LogP contribution in [0.2, 0.25) is 0 Å². The highest BCUT2D eigenvalue weighted by atomic mass is 31.2. The number of hydrogen-bond acceptors (Lipinski definition) is 8. The molecule has 0 aliphatic heterocycles. The second-order valence-corrected chi connectivity index (χ2v) is 26.9. The highest BCUT2D eigenvalue weighted by Crippen LogP contribution is 2.43. The van der Waals surface area contributed by atoms with E-state index in [1.807, 2.05) is 0 Å². The Morgan fingerprint density at radius 1 is 0.330 bits per heavy atom. The van der Waals surface area contributed by atoms with E-state index in [1.165, 1.54) is 231 Å². The Bertz CT molecular complexity index is 1860. The van der Waals surface area contributed by atoms with Crippen molar-refractivity contribution in [2.24, 2.45) is 5.73 Å². The van der Waals surface area contributed by atoms with Gasteiger partial charge in [-0.05, 0) is 96.3 Å². The molecule has 0 bridgehead atoms. The molecule has 0 rings (SSSR count). The fraction of sp³-hybridized carbons (Fsp3) is 0.753. The lowest BCUT2D eigenvalue weighted by atomic mass is 10.0. The lowest BCUT2D eigenvalue weighted by Gasteiger charge is -2.19. The van der Waals surface area contributed by atoms with E-state index in [9.17, 15) is 19.0 Å². The standard InChI is InChI=1S/C81H144NO8P/c1-3-5-7-9-11-13-15-17-19-21-23-25-27-29-31-33-34-35-36-37-38-39-40-41-42-43-44-46-47-49-51-53-55-57-59-61-63-65-67-69-71-73-80(83)87-77-79(78-89-91(85,86)88-76-75-82)90-81(84)74-72-70-68-66-64-62-60-58-56-54-52-50-48-45-32-30-28-26-24-22-20-18-16-14-12-10-8-6-4-2/h5-8,11-14,17-20,23-26,30,32,79H,3-4,9-10,15-16,21-22,27-29,31,33-78,82H2,1-2H3,(H,85,86)/b7-5-,8-6-,13-11-,14-12-,19-17-,20-18-,25-23-,26-24-,32-30-. The summed E-state index contributed by atoms with van der Waals surface area (Å²) in [6.45, 7) is 3.56. The van der Waals surface area contributed by atoms with Gasteiger partial charge >= 0.3 is 19.8 Å². The van der Waals surface area contributed by atoms with E-state index in [-0.39, 0.29) is 38.6 Å². The van der Waals surface area contributed by atoms with E-state index < -0.39 is 26.5 Å². The van der Waals surface area contributed by atoms with Crippen LogP contribution in [0.1, 0.15) is 361 Å². The van der Waals surface area contributed by atoms with Crippen LogP contribution in [-0.2, 0) is 32.7 Å². The minimum absolute atomic E-state index is 0.0517. The van der Waals surface area contributed by atoms with Crippen molar-refractivity contribution >= 4 is 19.8 Å². The molecule has 0 aromatic carbocycles. The van der Waals surface area contributed by atoms with Gasteiger partial charge in [0.05, 0.1) is 13.2 Å². The highest BCUT2D eigenvalue weighted by molar-refractivity contribution is 7.47. The number of phosphoric acid groups is 1. The SMILES string of the molecule is CC/C=C\C/C=C\C/C=C\C/C=C\C/C=C\CCCCCCCCCCCCCCCC(=O)OC(COC(=O)CCCCCCCCCCCCCCCCCCCCCCCCCCCCCC/C=C\C/C=C\C/C=C\C/C=C\CC)COP(=O)(O)OCCN. The summed E-state index contributed by atoms with van der Waals surface area (Å²) < 4.78 is 33.2. The first-order valence-electron chi connectivity index (χ1n) is 38.4. The number of allylic oxidation sites excluding steroid dienone is 18. The minimum Gasteiger partial charge on any atom is -0.462 e. The van der Waals surface area contributed by atoms with Gasteiger partial charge in [-0.25, -0.2) is 4.57 Å². The molecule has 0 heterocycles. The lowest BCUT2D eigenvalue weighted by molar-refractivity contribution is -0.161. The van der Waals surface area contributed by atoms with E-state index in [0.717, 1.165) is 96.3 Å². The van der Waals surface area contributed by atoms with Crippen LogP contribution < -0.4 is 5.73 Å². The fourth-order valence-corrected chi connectivity index (χ4v) is 11.8. The molecule has 9 nitrogen and oxygen atoms in total. The smallest absolute Gasteiger partial charge is 0.462 e. The van der Waals surface area contributed by atoms with Gasteiger partial charge in [-0.15, -0.1) is 0 Å². The van der Waals surface area contributed by atoms with Crippen LogP contribution in [0, 0.1) is 0 Å². The van der Waals surface area contributed by atoms with Crippen molar-refractivity contribution in [1.29, 1.82) is 0 Å². The molecule has 3 N–H and O–H groups in total. The average molecular weight is 1290 g/mol. The summed E-state index contributed by atoms with van der Waals surface area (Å²) in [4.78, 5) is 35.4. The van der Waals surface area contributed by atoms with E-state index in [4.69, 9.17) is 24.3 Å². The second-order valence-electron chi connectivity index (χ2n) is 25.5.